The first kappa shape index (κ1) is 13.7. The molecular weight excluding hydrogens is 270 g/mol. The summed E-state index contributed by atoms with van der Waals surface area (Å²) in [5.41, 5.74) is 0.361. The van der Waals surface area contributed by atoms with Crippen molar-refractivity contribution in [2.24, 2.45) is 0 Å². The van der Waals surface area contributed by atoms with Gasteiger partial charge in [0.25, 0.3) is 5.91 Å². The molecule has 2 N–H and O–H groups in total. The topological polar surface area (TPSA) is 77.8 Å². The number of aromatic hydroxyl groups is 1. The van der Waals surface area contributed by atoms with Gasteiger partial charge >= 0.3 is 5.97 Å². The normalized spacial score (nSPS) is 18.6. The molecule has 1 atom stereocenters. The Bertz CT molecular complexity index is 517. The summed E-state index contributed by atoms with van der Waals surface area (Å²) in [6, 6.07) is 3.98. The van der Waals surface area contributed by atoms with Gasteiger partial charge in [0.1, 0.15) is 5.75 Å². The van der Waals surface area contributed by atoms with Crippen LogP contribution in [0.4, 0.5) is 0 Å². The quantitative estimate of drug-likeness (QED) is 0.891. The summed E-state index contributed by atoms with van der Waals surface area (Å²) in [5, 5.41) is 18.3. The molecule has 1 aromatic carbocycles. The number of carboxylic acids is 1. The second-order valence-corrected chi connectivity index (χ2v) is 4.97. The van der Waals surface area contributed by atoms with E-state index in [2.05, 4.69) is 0 Å². The number of amides is 1. The van der Waals surface area contributed by atoms with Crippen LogP contribution < -0.4 is 0 Å². The number of aliphatic carboxylic acids is 1. The maximum Gasteiger partial charge on any atom is 0.305 e. The molecule has 0 radical (unpaired) electrons. The first-order valence-electron chi connectivity index (χ1n) is 6.00. The van der Waals surface area contributed by atoms with Crippen molar-refractivity contribution < 1.29 is 19.8 Å². The van der Waals surface area contributed by atoms with Crippen molar-refractivity contribution in [2.45, 2.75) is 25.3 Å². The zero-order chi connectivity index (χ0) is 14.0. The minimum atomic E-state index is -0.909. The number of halogens is 1. The molecule has 102 valence electrons. The lowest BCUT2D eigenvalue weighted by atomic mass is 10.1. The molecule has 1 saturated heterocycles. The molecule has 0 aromatic heterocycles. The number of phenols is 1. The molecule has 5 nitrogen and oxygen atoms in total. The third kappa shape index (κ3) is 2.98. The molecular formula is C13H14ClNO4. The van der Waals surface area contributed by atoms with E-state index >= 15 is 0 Å². The van der Waals surface area contributed by atoms with Gasteiger partial charge in [0, 0.05) is 18.2 Å². The smallest absolute Gasteiger partial charge is 0.305 e. The van der Waals surface area contributed by atoms with E-state index in [1.54, 1.807) is 4.90 Å². The molecule has 0 saturated carbocycles. The second kappa shape index (κ2) is 5.48. The van der Waals surface area contributed by atoms with Crippen LogP contribution in [-0.2, 0) is 4.79 Å². The average Bonchev–Trinajstić information content (AvgIpc) is 2.79. The summed E-state index contributed by atoms with van der Waals surface area (Å²) in [4.78, 5) is 24.6. The van der Waals surface area contributed by atoms with Crippen molar-refractivity contribution in [1.82, 2.24) is 4.90 Å². The fourth-order valence-electron chi connectivity index (χ4n) is 2.32. The van der Waals surface area contributed by atoms with E-state index in [4.69, 9.17) is 16.7 Å². The summed E-state index contributed by atoms with van der Waals surface area (Å²) in [6.45, 7) is 0.551. The molecule has 2 rings (SSSR count). The number of carbonyl (C=O) groups is 2. The van der Waals surface area contributed by atoms with Crippen LogP contribution in [-0.4, -0.2) is 39.6 Å². The van der Waals surface area contributed by atoms with Crippen LogP contribution >= 0.6 is 11.6 Å². The maximum absolute atomic E-state index is 12.3. The minimum absolute atomic E-state index is 0.0441. The monoisotopic (exact) mass is 283 g/mol. The third-order valence-electron chi connectivity index (χ3n) is 3.24. The van der Waals surface area contributed by atoms with E-state index in [1.165, 1.54) is 18.2 Å². The number of benzene rings is 1. The Labute approximate surface area is 115 Å². The Hall–Kier alpha value is -1.75. The number of hydrogen-bond donors (Lipinski definition) is 2. The fraction of sp³-hybridized carbons (Fsp3) is 0.385. The Kier molecular flexibility index (Phi) is 3.95. The van der Waals surface area contributed by atoms with Gasteiger partial charge in [0.2, 0.25) is 0 Å². The van der Waals surface area contributed by atoms with Crippen molar-refractivity contribution in [3.05, 3.63) is 28.8 Å². The lowest BCUT2D eigenvalue weighted by molar-refractivity contribution is -0.137. The number of carboxylic acid groups (broad SMARTS) is 1. The molecule has 1 aromatic rings. The largest absolute Gasteiger partial charge is 0.506 e. The van der Waals surface area contributed by atoms with Gasteiger partial charge < -0.3 is 15.1 Å². The molecule has 1 amide bonds. The first-order chi connectivity index (χ1) is 8.99. The van der Waals surface area contributed by atoms with Gasteiger partial charge in [-0.2, -0.15) is 0 Å². The second-order valence-electron chi connectivity index (χ2n) is 4.56. The lowest BCUT2D eigenvalue weighted by Crippen LogP contribution is -2.36. The Morgan fingerprint density at radius 2 is 2.16 bits per heavy atom. The summed E-state index contributed by atoms with van der Waals surface area (Å²) in [7, 11) is 0. The molecule has 1 heterocycles. The molecule has 1 aliphatic heterocycles. The predicted molar refractivity (Wildman–Crippen MR) is 69.4 cm³/mol. The molecule has 1 unspecified atom stereocenters. The molecule has 0 spiro atoms. The van der Waals surface area contributed by atoms with E-state index in [0.29, 0.717) is 18.5 Å². The van der Waals surface area contributed by atoms with E-state index in [0.717, 1.165) is 6.42 Å². The predicted octanol–water partition coefficient (Wildman–Crippen LogP) is 2.12. The van der Waals surface area contributed by atoms with Crippen molar-refractivity contribution in [2.75, 3.05) is 6.54 Å². The van der Waals surface area contributed by atoms with Gasteiger partial charge in [0.15, 0.2) is 0 Å². The third-order valence-corrected chi connectivity index (χ3v) is 3.55. The average molecular weight is 284 g/mol. The summed E-state index contributed by atoms with van der Waals surface area (Å²) in [6.07, 6.45) is 1.46. The van der Waals surface area contributed by atoms with Crippen LogP contribution in [0.1, 0.15) is 29.6 Å². The molecule has 1 aliphatic rings. The lowest BCUT2D eigenvalue weighted by Gasteiger charge is -2.23. The van der Waals surface area contributed by atoms with Crippen molar-refractivity contribution >= 4 is 23.5 Å². The number of rotatable bonds is 3. The summed E-state index contributed by atoms with van der Waals surface area (Å²) < 4.78 is 0. The van der Waals surface area contributed by atoms with Gasteiger partial charge in [0.05, 0.1) is 11.4 Å². The highest BCUT2D eigenvalue weighted by atomic mass is 35.5. The highest BCUT2D eigenvalue weighted by molar-refractivity contribution is 6.32. The van der Waals surface area contributed by atoms with E-state index in [-0.39, 0.29) is 29.1 Å². The van der Waals surface area contributed by atoms with Crippen LogP contribution in [0, 0.1) is 0 Å². The van der Waals surface area contributed by atoms with Crippen molar-refractivity contribution in [3.63, 3.8) is 0 Å². The van der Waals surface area contributed by atoms with Gasteiger partial charge in [-0.15, -0.1) is 0 Å². The molecule has 19 heavy (non-hydrogen) atoms. The minimum Gasteiger partial charge on any atom is -0.506 e. The van der Waals surface area contributed by atoms with Crippen molar-refractivity contribution in [3.8, 4) is 5.75 Å². The Morgan fingerprint density at radius 3 is 2.79 bits per heavy atom. The highest BCUT2D eigenvalue weighted by Crippen LogP contribution is 2.27. The van der Waals surface area contributed by atoms with Crippen molar-refractivity contribution in [1.29, 1.82) is 0 Å². The standard InChI is InChI=1S/C13H14ClNO4/c14-10-6-8(3-4-11(10)16)13(19)15-5-1-2-9(15)7-12(17)18/h3-4,6,9,16H,1-2,5,7H2,(H,17,18). The van der Waals surface area contributed by atoms with Crippen LogP contribution in [0.3, 0.4) is 0 Å². The SMILES string of the molecule is O=C(O)CC1CCCN1C(=O)c1ccc(O)c(Cl)c1. The molecule has 6 heteroatoms. The van der Waals surface area contributed by atoms with E-state index in [1.807, 2.05) is 0 Å². The molecule has 0 bridgehead atoms. The number of phenolic OH excluding ortho intramolecular Hbond substituents is 1. The van der Waals surface area contributed by atoms with Gasteiger partial charge in [-0.3, -0.25) is 9.59 Å². The fourth-order valence-corrected chi connectivity index (χ4v) is 2.50. The summed E-state index contributed by atoms with van der Waals surface area (Å²) in [5.74, 6) is -1.24. The van der Waals surface area contributed by atoms with Gasteiger partial charge in [-0.25, -0.2) is 0 Å². The zero-order valence-corrected chi connectivity index (χ0v) is 10.9. The van der Waals surface area contributed by atoms with Crippen LogP contribution in [0.5, 0.6) is 5.75 Å². The van der Waals surface area contributed by atoms with E-state index in [9.17, 15) is 14.7 Å². The Morgan fingerprint density at radius 1 is 1.42 bits per heavy atom. The number of likely N-dealkylation sites (tertiary alicyclic amines) is 1. The van der Waals surface area contributed by atoms with Crippen LogP contribution in [0.15, 0.2) is 18.2 Å². The summed E-state index contributed by atoms with van der Waals surface area (Å²) >= 11 is 5.77. The van der Waals surface area contributed by atoms with Crippen LogP contribution in [0.2, 0.25) is 5.02 Å². The van der Waals surface area contributed by atoms with Crippen LogP contribution in [0.25, 0.3) is 0 Å². The van der Waals surface area contributed by atoms with Gasteiger partial charge in [-0.1, -0.05) is 11.6 Å². The number of carbonyl (C=O) groups excluding carboxylic acids is 1. The molecule has 1 fully saturated rings. The molecule has 0 aliphatic carbocycles. The highest BCUT2D eigenvalue weighted by Gasteiger charge is 2.31. The Balaban J connectivity index is 2.18. The van der Waals surface area contributed by atoms with Gasteiger partial charge in [-0.05, 0) is 31.0 Å². The first-order valence-corrected chi connectivity index (χ1v) is 6.38. The number of nitrogens with zero attached hydrogens (tertiary/aromatic N) is 1. The zero-order valence-electron chi connectivity index (χ0n) is 10.2. The maximum atomic E-state index is 12.3. The number of hydrogen-bond acceptors (Lipinski definition) is 3. The van der Waals surface area contributed by atoms with E-state index < -0.39 is 5.97 Å².